The van der Waals surface area contributed by atoms with Crippen molar-refractivity contribution in [3.8, 4) is 0 Å². The minimum Gasteiger partial charge on any atom is -0.330 e. The molecule has 0 aliphatic heterocycles. The van der Waals surface area contributed by atoms with Gasteiger partial charge in [-0.3, -0.25) is 0 Å². The molecule has 0 atom stereocenters. The molecule has 14 heavy (non-hydrogen) atoms. The molecule has 0 unspecified atom stereocenters. The Balaban J connectivity index is 2.43. The van der Waals surface area contributed by atoms with E-state index in [2.05, 4.69) is 17.1 Å². The van der Waals surface area contributed by atoms with Crippen molar-refractivity contribution in [2.24, 2.45) is 5.73 Å². The third-order valence-electron chi connectivity index (χ3n) is 1.99. The van der Waals surface area contributed by atoms with E-state index in [1.165, 1.54) is 10.8 Å². The van der Waals surface area contributed by atoms with Crippen LogP contribution in [0.4, 0.5) is 0 Å². The van der Waals surface area contributed by atoms with Gasteiger partial charge >= 0.3 is 0 Å². The summed E-state index contributed by atoms with van der Waals surface area (Å²) in [6.07, 6.45) is 1.85. The number of nitrogens with zero attached hydrogens (tertiary/aromatic N) is 1. The molecule has 1 heterocycles. The van der Waals surface area contributed by atoms with Gasteiger partial charge in [-0.2, -0.15) is 0 Å². The standard InChI is InChI=1S/C11H12N2S/c12-6-8-14-11-10-4-2-1-3-9(10)5-7-13-11/h1-5,7H,6,8,12H2. The maximum Gasteiger partial charge on any atom is 0.104 e. The first-order valence-corrected chi connectivity index (χ1v) is 5.57. The summed E-state index contributed by atoms with van der Waals surface area (Å²) in [4.78, 5) is 4.35. The maximum atomic E-state index is 5.47. The summed E-state index contributed by atoms with van der Waals surface area (Å²) in [5.74, 6) is 0.918. The smallest absolute Gasteiger partial charge is 0.104 e. The van der Waals surface area contributed by atoms with Crippen LogP contribution in [0.25, 0.3) is 10.8 Å². The molecule has 0 aliphatic carbocycles. The van der Waals surface area contributed by atoms with Gasteiger partial charge in [0, 0.05) is 23.9 Å². The van der Waals surface area contributed by atoms with E-state index in [4.69, 9.17) is 5.73 Å². The van der Waals surface area contributed by atoms with Crippen molar-refractivity contribution in [3.63, 3.8) is 0 Å². The molecule has 0 fully saturated rings. The van der Waals surface area contributed by atoms with Crippen LogP contribution in [0.15, 0.2) is 41.6 Å². The van der Waals surface area contributed by atoms with Crippen molar-refractivity contribution in [2.45, 2.75) is 5.03 Å². The van der Waals surface area contributed by atoms with Gasteiger partial charge in [-0.1, -0.05) is 24.3 Å². The van der Waals surface area contributed by atoms with E-state index in [1.807, 2.05) is 24.4 Å². The molecule has 1 aromatic heterocycles. The van der Waals surface area contributed by atoms with Gasteiger partial charge in [0.2, 0.25) is 0 Å². The molecule has 0 saturated carbocycles. The lowest BCUT2D eigenvalue weighted by atomic mass is 10.2. The van der Waals surface area contributed by atoms with Gasteiger partial charge in [-0.25, -0.2) is 4.98 Å². The van der Waals surface area contributed by atoms with E-state index in [-0.39, 0.29) is 0 Å². The quantitative estimate of drug-likeness (QED) is 0.780. The molecule has 2 N–H and O–H groups in total. The van der Waals surface area contributed by atoms with Crippen LogP contribution < -0.4 is 5.73 Å². The highest BCUT2D eigenvalue weighted by atomic mass is 32.2. The molecule has 3 heteroatoms. The van der Waals surface area contributed by atoms with E-state index in [1.54, 1.807) is 11.8 Å². The maximum absolute atomic E-state index is 5.47. The molecule has 72 valence electrons. The molecule has 0 amide bonds. The van der Waals surface area contributed by atoms with E-state index in [0.29, 0.717) is 6.54 Å². The van der Waals surface area contributed by atoms with E-state index >= 15 is 0 Å². The van der Waals surface area contributed by atoms with Crippen LogP contribution in [0.1, 0.15) is 0 Å². The number of hydrogen-bond acceptors (Lipinski definition) is 3. The molecule has 0 saturated heterocycles. The number of hydrogen-bond donors (Lipinski definition) is 1. The summed E-state index contributed by atoms with van der Waals surface area (Å²) in [6.45, 7) is 0.690. The van der Waals surface area contributed by atoms with E-state index in [0.717, 1.165) is 10.8 Å². The summed E-state index contributed by atoms with van der Waals surface area (Å²) in [6, 6.07) is 10.3. The Bertz CT molecular complexity index is 423. The number of pyridine rings is 1. The summed E-state index contributed by atoms with van der Waals surface area (Å²) in [7, 11) is 0. The normalized spacial score (nSPS) is 10.6. The fourth-order valence-corrected chi connectivity index (χ4v) is 2.15. The summed E-state index contributed by atoms with van der Waals surface area (Å²) < 4.78 is 0. The van der Waals surface area contributed by atoms with Gasteiger partial charge in [-0.05, 0) is 11.5 Å². The topological polar surface area (TPSA) is 38.9 Å². The van der Waals surface area contributed by atoms with Crippen molar-refractivity contribution >= 4 is 22.5 Å². The van der Waals surface area contributed by atoms with Gasteiger partial charge in [0.1, 0.15) is 5.03 Å². The second-order valence-electron chi connectivity index (χ2n) is 2.97. The van der Waals surface area contributed by atoms with Crippen molar-refractivity contribution in [3.05, 3.63) is 36.5 Å². The Morgan fingerprint density at radius 1 is 1.21 bits per heavy atom. The van der Waals surface area contributed by atoms with Gasteiger partial charge in [0.25, 0.3) is 0 Å². The second kappa shape index (κ2) is 4.44. The number of benzene rings is 1. The highest BCUT2D eigenvalue weighted by Crippen LogP contribution is 2.24. The van der Waals surface area contributed by atoms with Crippen molar-refractivity contribution in [1.29, 1.82) is 0 Å². The van der Waals surface area contributed by atoms with E-state index < -0.39 is 0 Å². The zero-order valence-electron chi connectivity index (χ0n) is 7.81. The summed E-state index contributed by atoms with van der Waals surface area (Å²) in [5, 5.41) is 3.53. The van der Waals surface area contributed by atoms with Gasteiger partial charge in [-0.15, -0.1) is 11.8 Å². The first kappa shape index (κ1) is 9.49. The minimum absolute atomic E-state index is 0.690. The highest BCUT2D eigenvalue weighted by molar-refractivity contribution is 7.99. The predicted octanol–water partition coefficient (Wildman–Crippen LogP) is 2.29. The molecule has 2 aromatic rings. The molecule has 2 nitrogen and oxygen atoms in total. The zero-order chi connectivity index (χ0) is 9.80. The third kappa shape index (κ3) is 1.89. The Labute approximate surface area is 87.5 Å². The van der Waals surface area contributed by atoms with Crippen molar-refractivity contribution in [1.82, 2.24) is 4.98 Å². The number of aromatic nitrogens is 1. The first-order valence-electron chi connectivity index (χ1n) is 4.58. The highest BCUT2D eigenvalue weighted by Gasteiger charge is 2.00. The molecular weight excluding hydrogens is 192 g/mol. The first-order chi connectivity index (χ1) is 6.92. The van der Waals surface area contributed by atoms with Gasteiger partial charge in [0.05, 0.1) is 0 Å². The Morgan fingerprint density at radius 2 is 2.07 bits per heavy atom. The van der Waals surface area contributed by atoms with Crippen LogP contribution in [0.3, 0.4) is 0 Å². The molecule has 0 bridgehead atoms. The van der Waals surface area contributed by atoms with Crippen LogP contribution in [-0.4, -0.2) is 17.3 Å². The van der Waals surface area contributed by atoms with Crippen molar-refractivity contribution in [2.75, 3.05) is 12.3 Å². The lowest BCUT2D eigenvalue weighted by Crippen LogP contribution is -2.01. The Hall–Kier alpha value is -1.06. The summed E-state index contributed by atoms with van der Waals surface area (Å²) >= 11 is 1.71. The lowest BCUT2D eigenvalue weighted by molar-refractivity contribution is 1.13. The summed E-state index contributed by atoms with van der Waals surface area (Å²) in [5.41, 5.74) is 5.47. The second-order valence-corrected chi connectivity index (χ2v) is 4.06. The lowest BCUT2D eigenvalue weighted by Gasteiger charge is -2.03. The number of thioether (sulfide) groups is 1. The molecule has 0 radical (unpaired) electrons. The van der Waals surface area contributed by atoms with Crippen molar-refractivity contribution < 1.29 is 0 Å². The Kier molecular flexibility index (Phi) is 3.01. The SMILES string of the molecule is NCCSc1nccc2ccccc12. The van der Waals surface area contributed by atoms with Gasteiger partial charge < -0.3 is 5.73 Å². The Morgan fingerprint density at radius 3 is 2.93 bits per heavy atom. The average molecular weight is 204 g/mol. The number of nitrogens with two attached hydrogens (primary N) is 1. The monoisotopic (exact) mass is 204 g/mol. The van der Waals surface area contributed by atoms with Crippen LogP contribution in [0, 0.1) is 0 Å². The molecule has 1 aromatic carbocycles. The fraction of sp³-hybridized carbons (Fsp3) is 0.182. The van der Waals surface area contributed by atoms with E-state index in [9.17, 15) is 0 Å². The largest absolute Gasteiger partial charge is 0.330 e. The van der Waals surface area contributed by atoms with Gasteiger partial charge in [0.15, 0.2) is 0 Å². The number of fused-ring (bicyclic) bond motifs is 1. The van der Waals surface area contributed by atoms with Crippen LogP contribution in [0.2, 0.25) is 0 Å². The predicted molar refractivity (Wildman–Crippen MR) is 61.5 cm³/mol. The fourth-order valence-electron chi connectivity index (χ4n) is 1.36. The number of rotatable bonds is 3. The van der Waals surface area contributed by atoms with Crippen LogP contribution in [0.5, 0.6) is 0 Å². The molecule has 0 spiro atoms. The zero-order valence-corrected chi connectivity index (χ0v) is 8.63. The van der Waals surface area contributed by atoms with Crippen LogP contribution in [-0.2, 0) is 0 Å². The third-order valence-corrected chi connectivity index (χ3v) is 3.03. The van der Waals surface area contributed by atoms with Crippen LogP contribution >= 0.6 is 11.8 Å². The molecule has 2 rings (SSSR count). The molecular formula is C11H12N2S. The average Bonchev–Trinajstić information content (AvgIpc) is 2.26. The minimum atomic E-state index is 0.690. The molecule has 0 aliphatic rings.